The zero-order valence-corrected chi connectivity index (χ0v) is 53.0. The van der Waals surface area contributed by atoms with E-state index in [0.717, 1.165) is 165 Å². The Bertz CT molecular complexity index is 6250. The Morgan fingerprint density at radius 3 is 0.781 bits per heavy atom. The van der Waals surface area contributed by atoms with E-state index in [2.05, 4.69) is 358 Å². The Morgan fingerprint density at radius 1 is 0.240 bits per heavy atom. The summed E-state index contributed by atoms with van der Waals surface area (Å²) >= 11 is 0. The van der Waals surface area contributed by atoms with Crippen LogP contribution in [0.3, 0.4) is 0 Å². The van der Waals surface area contributed by atoms with Crippen LogP contribution in [0.1, 0.15) is 31.9 Å². The number of fused-ring (bicyclic) bond motifs is 18. The third kappa shape index (κ3) is 7.46. The van der Waals surface area contributed by atoms with E-state index < -0.39 is 0 Å². The molecule has 0 N–H and O–H groups in total. The number of hydrogen-bond acceptors (Lipinski definition) is 1. The molecule has 0 spiro atoms. The van der Waals surface area contributed by atoms with Gasteiger partial charge in [0.1, 0.15) is 11.6 Å². The van der Waals surface area contributed by atoms with E-state index in [1.165, 1.54) is 16.3 Å². The molecular weight excluding hydrogens is 1170 g/mol. The first-order chi connectivity index (χ1) is 47.3. The molecule has 6 aromatic heterocycles. The summed E-state index contributed by atoms with van der Waals surface area (Å²) in [6, 6.07) is 114. The van der Waals surface area contributed by atoms with Crippen LogP contribution < -0.4 is 0 Å². The van der Waals surface area contributed by atoms with E-state index in [0.29, 0.717) is 5.56 Å². The van der Waals surface area contributed by atoms with Crippen molar-refractivity contribution >= 4 is 131 Å². The van der Waals surface area contributed by atoms with E-state index in [4.69, 9.17) is 0 Å². The van der Waals surface area contributed by atoms with Crippen LogP contribution in [0.5, 0.6) is 0 Å². The molecular formula is C89H59N7. The fourth-order valence-electron chi connectivity index (χ4n) is 16.5. The number of nitrogens with zero attached hydrogens (tertiary/aromatic N) is 7. The maximum Gasteiger partial charge on any atom is 0.104 e. The summed E-state index contributed by atoms with van der Waals surface area (Å²) in [5.41, 5.74) is 21.4. The monoisotopic (exact) mass is 1230 g/mol. The Hall–Kier alpha value is -12.6. The van der Waals surface area contributed by atoms with Crippen LogP contribution in [0.2, 0.25) is 0 Å². The van der Waals surface area contributed by atoms with Crippen molar-refractivity contribution in [3.05, 3.63) is 314 Å². The zero-order valence-electron chi connectivity index (χ0n) is 53.0. The molecule has 0 unspecified atom stereocenters. The van der Waals surface area contributed by atoms with Crippen molar-refractivity contribution in [3.8, 4) is 51.3 Å². The third-order valence-electron chi connectivity index (χ3n) is 20.6. The Labute approximate surface area is 552 Å². The van der Waals surface area contributed by atoms with Gasteiger partial charge in [0.25, 0.3) is 0 Å². The number of rotatable bonds is 7. The molecule has 0 saturated carbocycles. The molecule has 7 heteroatoms. The van der Waals surface area contributed by atoms with E-state index in [-0.39, 0.29) is 5.41 Å². The second-order valence-corrected chi connectivity index (χ2v) is 26.7. The van der Waals surface area contributed by atoms with Gasteiger partial charge in [-0.3, -0.25) is 0 Å². The zero-order chi connectivity index (χ0) is 63.7. The molecule has 20 aromatic rings. The van der Waals surface area contributed by atoms with Crippen molar-refractivity contribution in [1.82, 2.24) is 27.4 Å². The van der Waals surface area contributed by atoms with Gasteiger partial charge in [-0.15, -0.1) is 0 Å². The molecule has 20 rings (SSSR count). The smallest absolute Gasteiger partial charge is 0.104 e. The van der Waals surface area contributed by atoms with Crippen molar-refractivity contribution in [1.29, 1.82) is 5.26 Å². The number of aromatic nitrogens is 6. The minimum atomic E-state index is -0.155. The molecule has 0 aliphatic rings. The molecule has 0 radical (unpaired) electrons. The molecule has 14 aromatic carbocycles. The van der Waals surface area contributed by atoms with Crippen LogP contribution >= 0.6 is 0 Å². The largest absolute Gasteiger partial charge is 0.309 e. The summed E-state index contributed by atoms with van der Waals surface area (Å²) < 4.78 is 14.8. The van der Waals surface area contributed by atoms with E-state index in [9.17, 15) is 5.26 Å². The lowest BCUT2D eigenvalue weighted by Gasteiger charge is -2.29. The maximum atomic E-state index is 13.6. The van der Waals surface area contributed by atoms with Gasteiger partial charge < -0.3 is 27.4 Å². The second kappa shape index (κ2) is 20.2. The van der Waals surface area contributed by atoms with Crippen molar-refractivity contribution in [2.75, 3.05) is 0 Å². The Kier molecular flexibility index (Phi) is 11.3. The average molecular weight is 1230 g/mol. The summed E-state index contributed by atoms with van der Waals surface area (Å²) in [6.07, 6.45) is 0. The molecule has 0 aliphatic carbocycles. The van der Waals surface area contributed by atoms with E-state index >= 15 is 0 Å². The summed E-state index contributed by atoms with van der Waals surface area (Å²) in [7, 11) is 0. The molecule has 96 heavy (non-hydrogen) atoms. The van der Waals surface area contributed by atoms with Crippen LogP contribution in [0.4, 0.5) is 0 Å². The van der Waals surface area contributed by atoms with Gasteiger partial charge >= 0.3 is 0 Å². The molecule has 0 fully saturated rings. The van der Waals surface area contributed by atoms with Gasteiger partial charge in [0.05, 0.1) is 88.9 Å². The van der Waals surface area contributed by atoms with Crippen LogP contribution in [0.15, 0.2) is 303 Å². The molecule has 0 bridgehead atoms. The maximum absolute atomic E-state index is 13.6. The normalized spacial score (nSPS) is 12.3. The van der Waals surface area contributed by atoms with Crippen LogP contribution in [0.25, 0.3) is 176 Å². The van der Waals surface area contributed by atoms with E-state index in [1.54, 1.807) is 0 Å². The number of benzene rings is 14. The van der Waals surface area contributed by atoms with Gasteiger partial charge in [-0.25, -0.2) is 0 Å². The fraction of sp³-hybridized carbons (Fsp3) is 0.0449. The lowest BCUT2D eigenvalue weighted by Crippen LogP contribution is -2.16. The van der Waals surface area contributed by atoms with Crippen LogP contribution in [-0.2, 0) is 5.41 Å². The number of hydrogen-bond donors (Lipinski definition) is 0. The van der Waals surface area contributed by atoms with Gasteiger partial charge in [-0.1, -0.05) is 227 Å². The Morgan fingerprint density at radius 2 is 0.490 bits per heavy atom. The van der Waals surface area contributed by atoms with Gasteiger partial charge in [-0.05, 0) is 114 Å². The van der Waals surface area contributed by atoms with Crippen molar-refractivity contribution in [2.24, 2.45) is 0 Å². The first-order valence-corrected chi connectivity index (χ1v) is 33.1. The molecule has 0 atom stereocenters. The highest BCUT2D eigenvalue weighted by molar-refractivity contribution is 6.23. The summed E-state index contributed by atoms with van der Waals surface area (Å²) in [6.45, 7) is 6.87. The standard InChI is InChI=1S/C89H59N7/c1-89(2,3)56-48-46-55(47-49-56)84-87(93-74-40-20-10-30-59(74)60-31-11-21-41-75(60)93)85(95-78-44-24-16-36-65(78)69-50-67-63-34-14-18-38-72(63)91(80(67)52-82(69)95)57-26-6-4-7-27-57)71(54-90)86(88(84)94-76-42-22-12-32-61(76)62-33-13-23-43-77(62)94)96-79-45-25-17-37-66(79)70-51-68-64-35-15-19-39-73(64)92(81(68)53-83(70)96)58-28-8-5-9-29-58/h4-53H,1-3H3. The second-order valence-electron chi connectivity index (χ2n) is 26.7. The first kappa shape index (κ1) is 54.0. The van der Waals surface area contributed by atoms with Gasteiger partial charge in [0.15, 0.2) is 0 Å². The molecule has 450 valence electrons. The van der Waals surface area contributed by atoms with Crippen molar-refractivity contribution < 1.29 is 0 Å². The molecule has 0 saturated heterocycles. The highest BCUT2D eigenvalue weighted by Gasteiger charge is 2.36. The predicted octanol–water partition coefficient (Wildman–Crippen LogP) is 23.1. The van der Waals surface area contributed by atoms with Gasteiger partial charge in [0, 0.05) is 81.6 Å². The lowest BCUT2D eigenvalue weighted by atomic mass is 9.85. The van der Waals surface area contributed by atoms with Crippen LogP contribution in [0, 0.1) is 11.3 Å². The quantitative estimate of drug-likeness (QED) is 0.157. The lowest BCUT2D eigenvalue weighted by molar-refractivity contribution is 0.590. The Balaban J connectivity index is 1.09. The minimum absolute atomic E-state index is 0.155. The summed E-state index contributed by atoms with van der Waals surface area (Å²) in [4.78, 5) is 0. The summed E-state index contributed by atoms with van der Waals surface area (Å²) in [5, 5.41) is 27.0. The topological polar surface area (TPSA) is 53.4 Å². The van der Waals surface area contributed by atoms with Crippen molar-refractivity contribution in [2.45, 2.75) is 26.2 Å². The molecule has 0 aliphatic heterocycles. The average Bonchev–Trinajstić information content (AvgIpc) is 1.42. The highest BCUT2D eigenvalue weighted by Crippen LogP contribution is 2.53. The fourth-order valence-corrected chi connectivity index (χ4v) is 16.5. The number of para-hydroxylation sites is 10. The minimum Gasteiger partial charge on any atom is -0.309 e. The predicted molar refractivity (Wildman–Crippen MR) is 401 cm³/mol. The molecule has 7 nitrogen and oxygen atoms in total. The third-order valence-corrected chi connectivity index (χ3v) is 20.6. The molecule has 6 heterocycles. The first-order valence-electron chi connectivity index (χ1n) is 33.1. The van der Waals surface area contributed by atoms with Crippen molar-refractivity contribution in [3.63, 3.8) is 0 Å². The highest BCUT2D eigenvalue weighted by atomic mass is 15.1. The van der Waals surface area contributed by atoms with E-state index in [1.807, 2.05) is 0 Å². The summed E-state index contributed by atoms with van der Waals surface area (Å²) in [5.74, 6) is 0. The molecule has 0 amide bonds. The van der Waals surface area contributed by atoms with Gasteiger partial charge in [-0.2, -0.15) is 5.26 Å². The van der Waals surface area contributed by atoms with Crippen LogP contribution in [-0.4, -0.2) is 27.4 Å². The van der Waals surface area contributed by atoms with Gasteiger partial charge in [0.2, 0.25) is 0 Å². The number of nitriles is 1. The SMILES string of the molecule is CC(C)(C)c1ccc(-c2c(-n3c4ccccc4c4ccccc43)c(-n3c4ccccc4c4cc5c6ccccc6n(-c6ccccc6)c5cc43)c(C#N)c(-n3c4ccccc4c4cc5c6ccccc6n(-c6ccccc6)c5cc43)c2-n2c3ccccc3c3ccccc32)cc1.